The van der Waals surface area contributed by atoms with E-state index in [-0.39, 0.29) is 5.91 Å². The number of rotatable bonds is 5. The maximum Gasteiger partial charge on any atom is 0.238 e. The first-order chi connectivity index (χ1) is 8.56. The van der Waals surface area contributed by atoms with E-state index in [0.717, 1.165) is 22.5 Å². The van der Waals surface area contributed by atoms with E-state index in [9.17, 15) is 4.79 Å². The number of benzene rings is 1. The second kappa shape index (κ2) is 6.04. The Kier molecular flexibility index (Phi) is 4.65. The van der Waals surface area contributed by atoms with Crippen LogP contribution in [0.25, 0.3) is 0 Å². The molecular weight excluding hydrogens is 316 g/mol. The molecule has 0 heterocycles. The normalized spacial score (nSPS) is 14.6. The molecule has 2 N–H and O–H groups in total. The van der Waals surface area contributed by atoms with Crippen LogP contribution in [0.15, 0.2) is 16.6 Å². The van der Waals surface area contributed by atoms with Crippen molar-refractivity contribution in [2.75, 3.05) is 18.4 Å². The van der Waals surface area contributed by atoms with Gasteiger partial charge >= 0.3 is 0 Å². The van der Waals surface area contributed by atoms with E-state index < -0.39 is 0 Å². The van der Waals surface area contributed by atoms with E-state index in [2.05, 4.69) is 26.6 Å². The highest BCUT2D eigenvalue weighted by Gasteiger charge is 2.20. The summed E-state index contributed by atoms with van der Waals surface area (Å²) >= 11 is 9.45. The summed E-state index contributed by atoms with van der Waals surface area (Å²) in [7, 11) is 0. The zero-order valence-electron chi connectivity index (χ0n) is 10.2. The van der Waals surface area contributed by atoms with Crippen LogP contribution >= 0.6 is 27.5 Å². The molecule has 1 aromatic rings. The Bertz CT molecular complexity index is 461. The van der Waals surface area contributed by atoms with Gasteiger partial charge in [-0.15, -0.1) is 0 Å². The van der Waals surface area contributed by atoms with Gasteiger partial charge in [0.15, 0.2) is 0 Å². The smallest absolute Gasteiger partial charge is 0.238 e. The van der Waals surface area contributed by atoms with Crippen LogP contribution in [0.1, 0.15) is 18.4 Å². The number of aryl methyl sites for hydroxylation is 1. The van der Waals surface area contributed by atoms with Gasteiger partial charge in [0.1, 0.15) is 0 Å². The molecule has 1 saturated carbocycles. The van der Waals surface area contributed by atoms with E-state index >= 15 is 0 Å². The van der Waals surface area contributed by atoms with Crippen LogP contribution in [0.5, 0.6) is 0 Å². The van der Waals surface area contributed by atoms with Crippen LogP contribution in [0.4, 0.5) is 5.69 Å². The molecule has 0 aromatic heterocycles. The summed E-state index contributed by atoms with van der Waals surface area (Å²) in [5.41, 5.74) is 1.69. The second-order valence-electron chi connectivity index (χ2n) is 4.70. The average Bonchev–Trinajstić information content (AvgIpc) is 3.10. The number of hydrogen-bond donors (Lipinski definition) is 2. The second-order valence-corrected chi connectivity index (χ2v) is 5.97. The van der Waals surface area contributed by atoms with Crippen molar-refractivity contribution in [1.82, 2.24) is 5.32 Å². The van der Waals surface area contributed by atoms with Crippen molar-refractivity contribution < 1.29 is 4.79 Å². The third kappa shape index (κ3) is 3.97. The molecule has 98 valence electrons. The van der Waals surface area contributed by atoms with Gasteiger partial charge in [0.25, 0.3) is 0 Å². The van der Waals surface area contributed by atoms with Gasteiger partial charge in [-0.1, -0.05) is 11.6 Å². The van der Waals surface area contributed by atoms with E-state index in [0.29, 0.717) is 17.3 Å². The van der Waals surface area contributed by atoms with Crippen molar-refractivity contribution in [3.05, 3.63) is 27.2 Å². The number of carbonyl (C=O) groups excluding carboxylic acids is 1. The lowest BCUT2D eigenvalue weighted by Crippen LogP contribution is -2.29. The fraction of sp³-hybridized carbons (Fsp3) is 0.462. The Labute approximate surface area is 120 Å². The quantitative estimate of drug-likeness (QED) is 0.869. The topological polar surface area (TPSA) is 41.1 Å². The molecule has 0 radical (unpaired) electrons. The maximum atomic E-state index is 11.7. The lowest BCUT2D eigenvalue weighted by Gasteiger charge is -2.10. The highest BCUT2D eigenvalue weighted by atomic mass is 79.9. The van der Waals surface area contributed by atoms with E-state index in [1.807, 2.05) is 13.0 Å². The summed E-state index contributed by atoms with van der Waals surface area (Å²) in [5, 5.41) is 6.64. The summed E-state index contributed by atoms with van der Waals surface area (Å²) in [6, 6.07) is 3.66. The molecule has 3 nitrogen and oxygen atoms in total. The zero-order valence-corrected chi connectivity index (χ0v) is 12.6. The fourth-order valence-electron chi connectivity index (χ4n) is 1.65. The summed E-state index contributed by atoms with van der Waals surface area (Å²) in [6.45, 7) is 3.20. The van der Waals surface area contributed by atoms with Crippen LogP contribution in [0.3, 0.4) is 0 Å². The first-order valence-corrected chi connectivity index (χ1v) is 7.19. The minimum atomic E-state index is -0.0451. The molecule has 18 heavy (non-hydrogen) atoms. The van der Waals surface area contributed by atoms with Crippen molar-refractivity contribution in [2.24, 2.45) is 5.92 Å². The number of anilines is 1. The number of hydrogen-bond acceptors (Lipinski definition) is 2. The van der Waals surface area contributed by atoms with E-state index in [1.165, 1.54) is 12.8 Å². The number of amides is 1. The molecule has 1 amide bonds. The standard InChI is InChI=1S/C13H16BrClN2O/c1-8-4-10(14)12(5-11(8)15)17-13(18)7-16-6-9-2-3-9/h4-5,9,16H,2-3,6-7H2,1H3,(H,17,18). The Hall–Kier alpha value is -0.580. The minimum Gasteiger partial charge on any atom is -0.324 e. The molecule has 0 unspecified atom stereocenters. The molecule has 2 rings (SSSR count). The number of nitrogens with one attached hydrogen (secondary N) is 2. The third-order valence-corrected chi connectivity index (χ3v) is 4.00. The van der Waals surface area contributed by atoms with Crippen molar-refractivity contribution in [1.29, 1.82) is 0 Å². The molecule has 0 bridgehead atoms. The third-order valence-electron chi connectivity index (χ3n) is 2.94. The fourth-order valence-corrected chi connectivity index (χ4v) is 2.37. The summed E-state index contributed by atoms with van der Waals surface area (Å²) in [5.74, 6) is 0.731. The SMILES string of the molecule is Cc1cc(Br)c(NC(=O)CNCC2CC2)cc1Cl. The predicted molar refractivity (Wildman–Crippen MR) is 78.1 cm³/mol. The highest BCUT2D eigenvalue weighted by molar-refractivity contribution is 9.10. The van der Waals surface area contributed by atoms with Crippen molar-refractivity contribution in [3.8, 4) is 0 Å². The van der Waals surface area contributed by atoms with Crippen LogP contribution in [0.2, 0.25) is 5.02 Å². The summed E-state index contributed by atoms with van der Waals surface area (Å²) in [4.78, 5) is 11.7. The summed E-state index contributed by atoms with van der Waals surface area (Å²) < 4.78 is 0.847. The Balaban J connectivity index is 1.87. The maximum absolute atomic E-state index is 11.7. The van der Waals surface area contributed by atoms with E-state index in [1.54, 1.807) is 6.07 Å². The Morgan fingerprint density at radius 2 is 2.22 bits per heavy atom. The Morgan fingerprint density at radius 1 is 1.50 bits per heavy atom. The molecule has 0 aliphatic heterocycles. The van der Waals surface area contributed by atoms with Crippen LogP contribution < -0.4 is 10.6 Å². The largest absolute Gasteiger partial charge is 0.324 e. The molecule has 1 aliphatic carbocycles. The van der Waals surface area contributed by atoms with Gasteiger partial charge in [-0.2, -0.15) is 0 Å². The highest BCUT2D eigenvalue weighted by Crippen LogP contribution is 2.29. The molecule has 0 atom stereocenters. The molecule has 0 saturated heterocycles. The average molecular weight is 332 g/mol. The van der Waals surface area contributed by atoms with E-state index in [4.69, 9.17) is 11.6 Å². The molecule has 0 spiro atoms. The number of carbonyl (C=O) groups is 1. The number of halogens is 2. The van der Waals surface area contributed by atoms with Crippen molar-refractivity contribution >= 4 is 39.1 Å². The van der Waals surface area contributed by atoms with Gasteiger partial charge in [0.05, 0.1) is 12.2 Å². The first kappa shape index (κ1) is 13.8. The molecule has 1 aromatic carbocycles. The van der Waals surface area contributed by atoms with Crippen molar-refractivity contribution in [2.45, 2.75) is 19.8 Å². The molecular formula is C13H16BrClN2O. The first-order valence-electron chi connectivity index (χ1n) is 6.02. The van der Waals surface area contributed by atoms with Gasteiger partial charge in [-0.05, 0) is 65.9 Å². The van der Waals surface area contributed by atoms with Gasteiger partial charge in [-0.3, -0.25) is 4.79 Å². The summed E-state index contributed by atoms with van der Waals surface area (Å²) in [6.07, 6.45) is 2.57. The minimum absolute atomic E-state index is 0.0451. The van der Waals surface area contributed by atoms with Gasteiger partial charge in [0, 0.05) is 9.50 Å². The lowest BCUT2D eigenvalue weighted by molar-refractivity contribution is -0.115. The van der Waals surface area contributed by atoms with Gasteiger partial charge in [-0.25, -0.2) is 0 Å². The van der Waals surface area contributed by atoms with Crippen LogP contribution in [-0.2, 0) is 4.79 Å². The lowest BCUT2D eigenvalue weighted by atomic mass is 10.2. The Morgan fingerprint density at radius 3 is 2.89 bits per heavy atom. The molecule has 5 heteroatoms. The molecule has 1 aliphatic rings. The zero-order chi connectivity index (χ0) is 13.1. The van der Waals surface area contributed by atoms with Crippen LogP contribution in [-0.4, -0.2) is 19.0 Å². The van der Waals surface area contributed by atoms with Gasteiger partial charge in [0.2, 0.25) is 5.91 Å². The molecule has 1 fully saturated rings. The predicted octanol–water partition coefficient (Wildman–Crippen LogP) is 3.35. The van der Waals surface area contributed by atoms with Gasteiger partial charge < -0.3 is 10.6 Å². The van der Waals surface area contributed by atoms with Crippen molar-refractivity contribution in [3.63, 3.8) is 0 Å². The van der Waals surface area contributed by atoms with Crippen LogP contribution in [0, 0.1) is 12.8 Å². The monoisotopic (exact) mass is 330 g/mol.